The number of imide groups is 1. The molecular formula is C18H19N5O3S. The zero-order chi connectivity index (χ0) is 19.0. The molecule has 8 nitrogen and oxygen atoms in total. The van der Waals surface area contributed by atoms with Crippen molar-refractivity contribution in [1.82, 2.24) is 15.2 Å². The maximum Gasteiger partial charge on any atom is 0.255 e. The van der Waals surface area contributed by atoms with Crippen LogP contribution in [0.5, 0.6) is 0 Å². The van der Waals surface area contributed by atoms with Gasteiger partial charge in [0.05, 0.1) is 5.69 Å². The Balaban J connectivity index is 1.52. The Morgan fingerprint density at radius 3 is 2.93 bits per heavy atom. The highest BCUT2D eigenvalue weighted by Crippen LogP contribution is 2.30. The van der Waals surface area contributed by atoms with Crippen molar-refractivity contribution in [3.63, 3.8) is 0 Å². The summed E-state index contributed by atoms with van der Waals surface area (Å²) in [7, 11) is 0. The van der Waals surface area contributed by atoms with Gasteiger partial charge >= 0.3 is 0 Å². The molecule has 3 amide bonds. The van der Waals surface area contributed by atoms with Crippen molar-refractivity contribution in [2.24, 2.45) is 5.73 Å². The van der Waals surface area contributed by atoms with Crippen LogP contribution in [0.3, 0.4) is 0 Å². The first-order chi connectivity index (χ1) is 13.1. The van der Waals surface area contributed by atoms with Crippen molar-refractivity contribution >= 4 is 34.2 Å². The Morgan fingerprint density at radius 2 is 2.19 bits per heavy atom. The van der Waals surface area contributed by atoms with Crippen LogP contribution in [-0.4, -0.2) is 33.6 Å². The molecule has 4 rings (SSSR count). The van der Waals surface area contributed by atoms with Gasteiger partial charge in [-0.25, -0.2) is 4.98 Å². The lowest BCUT2D eigenvalue weighted by Crippen LogP contribution is -2.52. The number of nitrogens with one attached hydrogen (secondary N) is 2. The van der Waals surface area contributed by atoms with Crippen molar-refractivity contribution in [1.29, 1.82) is 0 Å². The quantitative estimate of drug-likeness (QED) is 0.661. The number of hydrogen-bond donors (Lipinski definition) is 3. The molecule has 4 N–H and O–H groups in total. The highest BCUT2D eigenvalue weighted by atomic mass is 32.1. The van der Waals surface area contributed by atoms with Gasteiger partial charge in [0.1, 0.15) is 6.04 Å². The maximum atomic E-state index is 12.8. The van der Waals surface area contributed by atoms with E-state index in [-0.39, 0.29) is 18.2 Å². The molecule has 0 saturated carbocycles. The number of benzene rings is 1. The lowest BCUT2D eigenvalue weighted by Gasteiger charge is -2.29. The molecule has 1 saturated heterocycles. The number of nitrogens with zero attached hydrogens (tertiary/aromatic N) is 2. The van der Waals surface area contributed by atoms with E-state index < -0.39 is 11.9 Å². The van der Waals surface area contributed by atoms with E-state index in [0.717, 1.165) is 22.0 Å². The predicted molar refractivity (Wildman–Crippen MR) is 99.8 cm³/mol. The molecule has 0 spiro atoms. The van der Waals surface area contributed by atoms with E-state index in [1.54, 1.807) is 11.0 Å². The van der Waals surface area contributed by atoms with Crippen molar-refractivity contribution in [2.75, 3.05) is 5.32 Å². The molecule has 27 heavy (non-hydrogen) atoms. The van der Waals surface area contributed by atoms with Gasteiger partial charge in [0, 0.05) is 37.0 Å². The third kappa shape index (κ3) is 3.31. The first kappa shape index (κ1) is 17.6. The second kappa shape index (κ2) is 7.09. The summed E-state index contributed by atoms with van der Waals surface area (Å²) in [5.74, 6) is -0.851. The monoisotopic (exact) mass is 385 g/mol. The number of fused-ring (bicyclic) bond motifs is 1. The molecule has 0 aliphatic carbocycles. The zero-order valence-electron chi connectivity index (χ0n) is 14.5. The molecule has 2 aliphatic heterocycles. The summed E-state index contributed by atoms with van der Waals surface area (Å²) in [6, 6.07) is 4.98. The minimum absolute atomic E-state index is 0.166. The number of nitrogens with two attached hydrogens (primary N) is 1. The molecule has 1 fully saturated rings. The predicted octanol–water partition coefficient (Wildman–Crippen LogP) is 0.975. The normalized spacial score (nSPS) is 19.2. The molecular weight excluding hydrogens is 366 g/mol. The van der Waals surface area contributed by atoms with Gasteiger partial charge in [0.2, 0.25) is 11.8 Å². The number of piperidine rings is 1. The van der Waals surface area contributed by atoms with Gasteiger partial charge < -0.3 is 16.0 Å². The fourth-order valence-corrected chi connectivity index (χ4v) is 4.19. The summed E-state index contributed by atoms with van der Waals surface area (Å²) in [5, 5.41) is 8.27. The number of hydrogen-bond acceptors (Lipinski definition) is 7. The summed E-state index contributed by atoms with van der Waals surface area (Å²) in [6.07, 6.45) is 0.609. The smallest absolute Gasteiger partial charge is 0.255 e. The van der Waals surface area contributed by atoms with Gasteiger partial charge in [-0.3, -0.25) is 19.7 Å². The third-order valence-electron chi connectivity index (χ3n) is 4.87. The third-order valence-corrected chi connectivity index (χ3v) is 5.72. The van der Waals surface area contributed by atoms with Gasteiger partial charge in [0.25, 0.3) is 5.91 Å². The number of anilines is 1. The average molecular weight is 385 g/mol. The number of rotatable bonds is 5. The lowest BCUT2D eigenvalue weighted by molar-refractivity contribution is -0.136. The zero-order valence-corrected chi connectivity index (χ0v) is 15.3. The average Bonchev–Trinajstić information content (AvgIpc) is 3.25. The van der Waals surface area contributed by atoms with E-state index in [1.807, 2.05) is 17.5 Å². The lowest BCUT2D eigenvalue weighted by atomic mass is 10.0. The molecule has 140 valence electrons. The van der Waals surface area contributed by atoms with E-state index in [9.17, 15) is 14.4 Å². The topological polar surface area (TPSA) is 117 Å². The Kier molecular flexibility index (Phi) is 4.63. The Morgan fingerprint density at radius 1 is 1.33 bits per heavy atom. The SMILES string of the molecule is NCc1csc(NCc2cccc3c2CN(C2CCC(=O)NC2=O)C3=O)n1. The Bertz CT molecular complexity index is 925. The van der Waals surface area contributed by atoms with E-state index in [1.165, 1.54) is 11.3 Å². The van der Waals surface area contributed by atoms with Crippen molar-refractivity contribution in [3.8, 4) is 0 Å². The second-order valence-corrected chi connectivity index (χ2v) is 7.40. The molecule has 9 heteroatoms. The van der Waals surface area contributed by atoms with Crippen molar-refractivity contribution in [2.45, 2.75) is 38.5 Å². The van der Waals surface area contributed by atoms with Crippen LogP contribution in [0.25, 0.3) is 0 Å². The van der Waals surface area contributed by atoms with Crippen LogP contribution in [0.2, 0.25) is 0 Å². The Hall–Kier alpha value is -2.78. The van der Waals surface area contributed by atoms with E-state index in [4.69, 9.17) is 5.73 Å². The van der Waals surface area contributed by atoms with Crippen LogP contribution in [0.1, 0.15) is 40.0 Å². The molecule has 0 bridgehead atoms. The van der Waals surface area contributed by atoms with Crippen LogP contribution in [0.15, 0.2) is 23.6 Å². The minimum atomic E-state index is -0.602. The summed E-state index contributed by atoms with van der Waals surface area (Å²) in [5.41, 5.74) is 8.93. The van der Waals surface area contributed by atoms with Gasteiger partial charge in [-0.1, -0.05) is 12.1 Å². The largest absolute Gasteiger partial charge is 0.357 e. The summed E-state index contributed by atoms with van der Waals surface area (Å²) in [4.78, 5) is 42.3. The van der Waals surface area contributed by atoms with E-state index in [0.29, 0.717) is 31.6 Å². The molecule has 2 aliphatic rings. The van der Waals surface area contributed by atoms with Gasteiger partial charge in [-0.15, -0.1) is 11.3 Å². The first-order valence-electron chi connectivity index (χ1n) is 8.70. The van der Waals surface area contributed by atoms with Crippen LogP contribution in [0, 0.1) is 0 Å². The molecule has 1 aromatic carbocycles. The molecule has 0 radical (unpaired) electrons. The van der Waals surface area contributed by atoms with Gasteiger partial charge in [-0.2, -0.15) is 0 Å². The van der Waals surface area contributed by atoms with Gasteiger partial charge in [-0.05, 0) is 23.6 Å². The highest BCUT2D eigenvalue weighted by Gasteiger charge is 2.39. The van der Waals surface area contributed by atoms with E-state index >= 15 is 0 Å². The standard InChI is InChI=1S/C18H19N5O3S/c19-6-11-9-27-18(21-11)20-7-10-2-1-3-12-13(10)8-23(17(12)26)14-4-5-15(24)22-16(14)25/h1-3,9,14H,4-8,19H2,(H,20,21)(H,22,24,25). The van der Waals surface area contributed by atoms with Crippen LogP contribution in [0.4, 0.5) is 5.13 Å². The molecule has 2 aromatic rings. The number of amides is 3. The number of thiazole rings is 1. The van der Waals surface area contributed by atoms with Crippen molar-refractivity contribution in [3.05, 3.63) is 46.0 Å². The van der Waals surface area contributed by atoms with Crippen LogP contribution < -0.4 is 16.4 Å². The van der Waals surface area contributed by atoms with Crippen LogP contribution >= 0.6 is 11.3 Å². The second-order valence-electron chi connectivity index (χ2n) is 6.54. The maximum absolute atomic E-state index is 12.8. The minimum Gasteiger partial charge on any atom is -0.357 e. The summed E-state index contributed by atoms with van der Waals surface area (Å²) in [6.45, 7) is 1.29. The fraction of sp³-hybridized carbons (Fsp3) is 0.333. The fourth-order valence-electron chi connectivity index (χ4n) is 3.47. The Labute approximate surface area is 159 Å². The number of carbonyl (C=O) groups is 3. The first-order valence-corrected chi connectivity index (χ1v) is 9.58. The molecule has 3 heterocycles. The molecule has 1 atom stereocenters. The molecule has 1 aromatic heterocycles. The number of aromatic nitrogens is 1. The molecule has 1 unspecified atom stereocenters. The summed E-state index contributed by atoms with van der Waals surface area (Å²) >= 11 is 1.49. The summed E-state index contributed by atoms with van der Waals surface area (Å²) < 4.78 is 0. The van der Waals surface area contributed by atoms with Gasteiger partial charge in [0.15, 0.2) is 5.13 Å². The number of carbonyl (C=O) groups excluding carboxylic acids is 3. The van der Waals surface area contributed by atoms with E-state index in [2.05, 4.69) is 15.6 Å². The van der Waals surface area contributed by atoms with Crippen molar-refractivity contribution < 1.29 is 14.4 Å². The highest BCUT2D eigenvalue weighted by molar-refractivity contribution is 7.13. The van der Waals surface area contributed by atoms with Crippen LogP contribution in [-0.2, 0) is 29.2 Å².